The van der Waals surface area contributed by atoms with Crippen LogP contribution in [0.2, 0.25) is 0 Å². The molecule has 0 atom stereocenters. The SMILES string of the molecule is CC(C)(C)OC(=O)n1c2ccccc2c2cc3c(cc21)c1ccccc1n3C(=O)OC(C)(C)C. The number of aromatic nitrogens is 2. The normalized spacial score (nSPS) is 12.6. The summed E-state index contributed by atoms with van der Waals surface area (Å²) < 4.78 is 14.7. The van der Waals surface area contributed by atoms with Crippen LogP contribution >= 0.6 is 0 Å². The Hall–Kier alpha value is -3.80. The summed E-state index contributed by atoms with van der Waals surface area (Å²) in [5, 5.41) is 3.54. The first kappa shape index (κ1) is 22.0. The molecule has 0 fully saturated rings. The third-order valence-electron chi connectivity index (χ3n) is 5.62. The molecule has 5 aromatic rings. The highest BCUT2D eigenvalue weighted by Crippen LogP contribution is 2.37. The fourth-order valence-corrected chi connectivity index (χ4v) is 4.44. The van der Waals surface area contributed by atoms with E-state index in [1.54, 1.807) is 9.13 Å². The van der Waals surface area contributed by atoms with Gasteiger partial charge in [0.1, 0.15) is 11.2 Å². The Morgan fingerprint density at radius 2 is 0.912 bits per heavy atom. The van der Waals surface area contributed by atoms with Gasteiger partial charge >= 0.3 is 12.2 Å². The van der Waals surface area contributed by atoms with Crippen LogP contribution in [0, 0.1) is 0 Å². The highest BCUT2D eigenvalue weighted by atomic mass is 16.6. The molecule has 0 aliphatic carbocycles. The van der Waals surface area contributed by atoms with E-state index in [4.69, 9.17) is 9.47 Å². The van der Waals surface area contributed by atoms with E-state index in [0.717, 1.165) is 43.6 Å². The van der Waals surface area contributed by atoms with E-state index in [2.05, 4.69) is 0 Å². The van der Waals surface area contributed by atoms with Gasteiger partial charge in [0.25, 0.3) is 0 Å². The summed E-state index contributed by atoms with van der Waals surface area (Å²) in [7, 11) is 0. The van der Waals surface area contributed by atoms with Crippen molar-refractivity contribution < 1.29 is 19.1 Å². The van der Waals surface area contributed by atoms with Crippen molar-refractivity contribution in [1.82, 2.24) is 9.13 Å². The first-order chi connectivity index (χ1) is 15.9. The lowest BCUT2D eigenvalue weighted by atomic mass is 10.1. The van der Waals surface area contributed by atoms with Crippen LogP contribution in [0.5, 0.6) is 0 Å². The zero-order chi connectivity index (χ0) is 24.4. The topological polar surface area (TPSA) is 62.5 Å². The fraction of sp³-hybridized carbons (Fsp3) is 0.286. The summed E-state index contributed by atoms with van der Waals surface area (Å²) in [5.74, 6) is 0. The molecular formula is C28H28N2O4. The number of benzene rings is 3. The van der Waals surface area contributed by atoms with Crippen molar-refractivity contribution in [3.05, 3.63) is 60.7 Å². The zero-order valence-corrected chi connectivity index (χ0v) is 20.3. The Morgan fingerprint density at radius 1 is 0.559 bits per heavy atom. The molecule has 0 unspecified atom stereocenters. The Labute approximate surface area is 197 Å². The highest BCUT2D eigenvalue weighted by Gasteiger charge is 2.26. The van der Waals surface area contributed by atoms with Crippen molar-refractivity contribution in [2.24, 2.45) is 0 Å². The first-order valence-electron chi connectivity index (χ1n) is 11.4. The molecule has 0 N–H and O–H groups in total. The van der Waals surface area contributed by atoms with Gasteiger partial charge in [0.05, 0.1) is 22.1 Å². The maximum Gasteiger partial charge on any atom is 0.419 e. The van der Waals surface area contributed by atoms with E-state index in [-0.39, 0.29) is 0 Å². The lowest BCUT2D eigenvalue weighted by molar-refractivity contribution is 0.0539. The minimum atomic E-state index is -0.633. The molecule has 0 saturated heterocycles. The van der Waals surface area contributed by atoms with Crippen molar-refractivity contribution in [3.63, 3.8) is 0 Å². The fourth-order valence-electron chi connectivity index (χ4n) is 4.44. The summed E-state index contributed by atoms with van der Waals surface area (Å²) in [6, 6.07) is 19.4. The maximum atomic E-state index is 13.3. The maximum absolute atomic E-state index is 13.3. The first-order valence-corrected chi connectivity index (χ1v) is 11.4. The number of hydrogen-bond donors (Lipinski definition) is 0. The van der Waals surface area contributed by atoms with Gasteiger partial charge in [-0.25, -0.2) is 18.7 Å². The second-order valence-electron chi connectivity index (χ2n) is 10.6. The van der Waals surface area contributed by atoms with E-state index in [0.29, 0.717) is 0 Å². The highest BCUT2D eigenvalue weighted by molar-refractivity contribution is 6.21. The largest absolute Gasteiger partial charge is 0.443 e. The van der Waals surface area contributed by atoms with E-state index < -0.39 is 23.4 Å². The minimum Gasteiger partial charge on any atom is -0.443 e. The van der Waals surface area contributed by atoms with Gasteiger partial charge in [-0.15, -0.1) is 0 Å². The summed E-state index contributed by atoms with van der Waals surface area (Å²) in [6.07, 6.45) is -0.872. The number of rotatable bonds is 0. The third kappa shape index (κ3) is 3.59. The second kappa shape index (κ2) is 7.35. The van der Waals surface area contributed by atoms with Crippen LogP contribution in [-0.4, -0.2) is 32.5 Å². The Bertz CT molecular complexity index is 1480. The van der Waals surface area contributed by atoms with Gasteiger partial charge < -0.3 is 9.47 Å². The Balaban J connectivity index is 1.88. The van der Waals surface area contributed by atoms with Gasteiger partial charge in [0, 0.05) is 21.5 Å². The predicted molar refractivity (Wildman–Crippen MR) is 136 cm³/mol. The van der Waals surface area contributed by atoms with Crippen molar-refractivity contribution in [2.45, 2.75) is 52.7 Å². The van der Waals surface area contributed by atoms with Gasteiger partial charge in [-0.1, -0.05) is 36.4 Å². The minimum absolute atomic E-state index is 0.436. The van der Waals surface area contributed by atoms with E-state index in [1.807, 2.05) is 102 Å². The van der Waals surface area contributed by atoms with Crippen LogP contribution in [0.1, 0.15) is 41.5 Å². The number of carbonyl (C=O) groups is 2. The molecule has 5 rings (SSSR count). The molecule has 0 bridgehead atoms. The third-order valence-corrected chi connectivity index (χ3v) is 5.62. The molecule has 0 spiro atoms. The zero-order valence-electron chi connectivity index (χ0n) is 20.3. The van der Waals surface area contributed by atoms with Gasteiger partial charge in [-0.3, -0.25) is 0 Å². The molecule has 174 valence electrons. The predicted octanol–water partition coefficient (Wildman–Crippen LogP) is 7.47. The van der Waals surface area contributed by atoms with Crippen LogP contribution in [0.25, 0.3) is 43.6 Å². The van der Waals surface area contributed by atoms with Crippen LogP contribution in [-0.2, 0) is 9.47 Å². The number of nitrogens with zero attached hydrogens (tertiary/aromatic N) is 2. The van der Waals surface area contributed by atoms with Crippen molar-refractivity contribution >= 4 is 55.8 Å². The quantitative estimate of drug-likeness (QED) is 0.242. The van der Waals surface area contributed by atoms with Crippen LogP contribution in [0.15, 0.2) is 60.7 Å². The van der Waals surface area contributed by atoms with Crippen molar-refractivity contribution in [2.75, 3.05) is 0 Å². The van der Waals surface area contributed by atoms with Crippen molar-refractivity contribution in [3.8, 4) is 0 Å². The van der Waals surface area contributed by atoms with Gasteiger partial charge in [0.15, 0.2) is 0 Å². The number of hydrogen-bond acceptors (Lipinski definition) is 4. The lowest BCUT2D eigenvalue weighted by Crippen LogP contribution is -2.27. The average molecular weight is 457 g/mol. The van der Waals surface area contributed by atoms with Gasteiger partial charge in [0.2, 0.25) is 0 Å². The number of fused-ring (bicyclic) bond motifs is 6. The van der Waals surface area contributed by atoms with E-state index in [9.17, 15) is 9.59 Å². The van der Waals surface area contributed by atoms with Gasteiger partial charge in [-0.2, -0.15) is 0 Å². The van der Waals surface area contributed by atoms with Crippen LogP contribution < -0.4 is 0 Å². The van der Waals surface area contributed by atoms with Crippen LogP contribution in [0.4, 0.5) is 9.59 Å². The number of ether oxygens (including phenoxy) is 2. The van der Waals surface area contributed by atoms with E-state index in [1.165, 1.54) is 0 Å². The Kier molecular flexibility index (Phi) is 4.76. The molecular weight excluding hydrogens is 428 g/mol. The number of carbonyl (C=O) groups excluding carboxylic acids is 2. The summed E-state index contributed by atoms with van der Waals surface area (Å²) in [4.78, 5) is 26.6. The summed E-state index contributed by atoms with van der Waals surface area (Å²) in [5.41, 5.74) is 1.71. The Morgan fingerprint density at radius 3 is 1.26 bits per heavy atom. The van der Waals surface area contributed by atoms with E-state index >= 15 is 0 Å². The monoisotopic (exact) mass is 456 g/mol. The molecule has 0 amide bonds. The molecule has 6 heteroatoms. The standard InChI is InChI=1S/C28H28N2O4/c1-27(2,3)33-25(31)29-21-13-9-7-11-17(21)19-16-24-20(15-23(19)29)18-12-8-10-14-22(18)30(24)26(32)34-28(4,5)6/h7-16H,1-6H3. The molecule has 0 radical (unpaired) electrons. The second-order valence-corrected chi connectivity index (χ2v) is 10.6. The summed E-state index contributed by atoms with van der Waals surface area (Å²) in [6.45, 7) is 11.1. The molecule has 2 aromatic heterocycles. The lowest BCUT2D eigenvalue weighted by Gasteiger charge is -2.20. The van der Waals surface area contributed by atoms with Gasteiger partial charge in [-0.05, 0) is 65.8 Å². The molecule has 34 heavy (non-hydrogen) atoms. The summed E-state index contributed by atoms with van der Waals surface area (Å²) >= 11 is 0. The van der Waals surface area contributed by atoms with Crippen LogP contribution in [0.3, 0.4) is 0 Å². The molecule has 0 aliphatic heterocycles. The average Bonchev–Trinajstić information content (AvgIpc) is 3.22. The molecule has 6 nitrogen and oxygen atoms in total. The molecule has 0 aliphatic rings. The molecule has 0 saturated carbocycles. The van der Waals surface area contributed by atoms with Crippen molar-refractivity contribution in [1.29, 1.82) is 0 Å². The molecule has 2 heterocycles. The number of para-hydroxylation sites is 2. The smallest absolute Gasteiger partial charge is 0.419 e. The molecule has 3 aromatic carbocycles.